The largest absolute Gasteiger partial charge is 0.489 e. The van der Waals surface area contributed by atoms with Crippen LogP contribution in [0.2, 0.25) is 0 Å². The molecule has 0 radical (unpaired) electrons. The molecule has 0 aliphatic carbocycles. The summed E-state index contributed by atoms with van der Waals surface area (Å²) in [6.45, 7) is 1.51. The highest BCUT2D eigenvalue weighted by Crippen LogP contribution is 2.30. The van der Waals surface area contributed by atoms with Gasteiger partial charge in [0.15, 0.2) is 0 Å². The van der Waals surface area contributed by atoms with Crippen molar-refractivity contribution < 1.29 is 9.84 Å². The maximum Gasteiger partial charge on any atom is 0.120 e. The number of aromatic amines is 1. The Morgan fingerprint density at radius 1 is 1.13 bits per heavy atom. The fourth-order valence-electron chi connectivity index (χ4n) is 3.19. The van der Waals surface area contributed by atoms with Crippen molar-refractivity contribution in [1.29, 1.82) is 0 Å². The van der Waals surface area contributed by atoms with E-state index in [0.717, 1.165) is 29.8 Å². The predicted octanol–water partition coefficient (Wildman–Crippen LogP) is 2.75. The number of H-pyrrole nitrogens is 1. The number of hydrogen-bond donors (Lipinski definition) is 3. The van der Waals surface area contributed by atoms with Crippen LogP contribution >= 0.6 is 0 Å². The molecule has 0 saturated heterocycles. The van der Waals surface area contributed by atoms with E-state index >= 15 is 0 Å². The maximum absolute atomic E-state index is 9.39. The molecule has 1 aliphatic rings. The summed E-state index contributed by atoms with van der Waals surface area (Å²) in [5, 5.41) is 13.9. The summed E-state index contributed by atoms with van der Waals surface area (Å²) in [6.07, 6.45) is 0.841. The predicted molar refractivity (Wildman–Crippen MR) is 90.5 cm³/mol. The topological polar surface area (TPSA) is 57.3 Å². The molecule has 0 amide bonds. The van der Waals surface area contributed by atoms with E-state index in [1.54, 1.807) is 0 Å². The van der Waals surface area contributed by atoms with E-state index in [2.05, 4.69) is 34.6 Å². The lowest BCUT2D eigenvalue weighted by molar-refractivity contribution is 0.235. The molecule has 4 nitrogen and oxygen atoms in total. The minimum absolute atomic E-state index is 0.135. The number of benzene rings is 2. The molecule has 118 valence electrons. The van der Waals surface area contributed by atoms with Crippen LogP contribution in [0.25, 0.3) is 10.9 Å². The molecule has 3 aromatic rings. The zero-order chi connectivity index (χ0) is 15.6. The van der Waals surface area contributed by atoms with Gasteiger partial charge in [-0.3, -0.25) is 0 Å². The summed E-state index contributed by atoms with van der Waals surface area (Å²) in [4.78, 5) is 3.46. The van der Waals surface area contributed by atoms with Crippen LogP contribution in [0.15, 0.2) is 48.5 Å². The Bertz CT molecular complexity index is 811. The average Bonchev–Trinajstić information content (AvgIpc) is 2.98. The monoisotopic (exact) mass is 308 g/mol. The fourth-order valence-corrected chi connectivity index (χ4v) is 3.19. The first-order chi connectivity index (χ1) is 11.3. The van der Waals surface area contributed by atoms with E-state index in [1.165, 1.54) is 16.6 Å². The van der Waals surface area contributed by atoms with Gasteiger partial charge in [-0.1, -0.05) is 30.3 Å². The molecular weight excluding hydrogens is 288 g/mol. The standard InChI is InChI=1S/C19H20N2O2/c22-11-14-8-16-17-9-15(23-12-13-4-2-1-3-5-13)6-7-18(17)21-19(16)10-20-14/h1-7,9,14,20-22H,8,10-12H2/t14-/m0/s1. The quantitative estimate of drug-likeness (QED) is 0.694. The molecule has 3 N–H and O–H groups in total. The molecule has 1 atom stereocenters. The number of hydrogen-bond acceptors (Lipinski definition) is 3. The summed E-state index contributed by atoms with van der Waals surface area (Å²) in [7, 11) is 0. The molecule has 0 saturated carbocycles. The molecule has 0 fully saturated rings. The van der Waals surface area contributed by atoms with Crippen LogP contribution in [0.3, 0.4) is 0 Å². The third kappa shape index (κ3) is 2.83. The van der Waals surface area contributed by atoms with Gasteiger partial charge in [-0.15, -0.1) is 0 Å². The molecule has 4 rings (SSSR count). The summed E-state index contributed by atoms with van der Waals surface area (Å²) in [6, 6.07) is 16.5. The number of nitrogens with one attached hydrogen (secondary N) is 2. The molecule has 0 unspecified atom stereocenters. The van der Waals surface area contributed by atoms with Gasteiger partial charge in [0, 0.05) is 29.2 Å². The highest BCUT2D eigenvalue weighted by molar-refractivity contribution is 5.86. The molecule has 2 heterocycles. The zero-order valence-corrected chi connectivity index (χ0v) is 12.9. The van der Waals surface area contributed by atoms with Gasteiger partial charge in [0.1, 0.15) is 12.4 Å². The van der Waals surface area contributed by atoms with Crippen molar-refractivity contribution in [3.63, 3.8) is 0 Å². The SMILES string of the molecule is OC[C@@H]1Cc2c([nH]c3ccc(OCc4ccccc4)cc23)CN1. The van der Waals surface area contributed by atoms with Crippen LogP contribution in [0.4, 0.5) is 0 Å². The molecule has 1 aliphatic heterocycles. The smallest absolute Gasteiger partial charge is 0.120 e. The van der Waals surface area contributed by atoms with E-state index in [1.807, 2.05) is 24.3 Å². The number of fused-ring (bicyclic) bond motifs is 3. The average molecular weight is 308 g/mol. The summed E-state index contributed by atoms with van der Waals surface area (Å²) in [5.41, 5.74) is 4.79. The number of ether oxygens (including phenoxy) is 1. The minimum Gasteiger partial charge on any atom is -0.489 e. The second-order valence-electron chi connectivity index (χ2n) is 6.03. The second-order valence-corrected chi connectivity index (χ2v) is 6.03. The Hall–Kier alpha value is -2.30. The molecule has 23 heavy (non-hydrogen) atoms. The normalized spacial score (nSPS) is 17.2. The molecule has 0 bridgehead atoms. The van der Waals surface area contributed by atoms with Crippen LogP contribution in [0, 0.1) is 0 Å². The van der Waals surface area contributed by atoms with Gasteiger partial charge in [0.2, 0.25) is 0 Å². The van der Waals surface area contributed by atoms with Crippen LogP contribution in [0.5, 0.6) is 5.75 Å². The van der Waals surface area contributed by atoms with Gasteiger partial charge in [-0.2, -0.15) is 0 Å². The maximum atomic E-state index is 9.39. The minimum atomic E-state index is 0.135. The van der Waals surface area contributed by atoms with E-state index in [4.69, 9.17) is 4.74 Å². The van der Waals surface area contributed by atoms with Crippen molar-refractivity contribution >= 4 is 10.9 Å². The fraction of sp³-hybridized carbons (Fsp3) is 0.263. The zero-order valence-electron chi connectivity index (χ0n) is 12.9. The van der Waals surface area contributed by atoms with Crippen LogP contribution < -0.4 is 10.1 Å². The van der Waals surface area contributed by atoms with Gasteiger partial charge >= 0.3 is 0 Å². The first-order valence-electron chi connectivity index (χ1n) is 7.98. The van der Waals surface area contributed by atoms with Crippen LogP contribution in [0.1, 0.15) is 16.8 Å². The third-order valence-corrected chi connectivity index (χ3v) is 4.45. The molecule has 1 aromatic heterocycles. The lowest BCUT2D eigenvalue weighted by Crippen LogP contribution is -2.37. The van der Waals surface area contributed by atoms with E-state index in [9.17, 15) is 5.11 Å². The van der Waals surface area contributed by atoms with Crippen molar-refractivity contribution in [2.45, 2.75) is 25.6 Å². The highest BCUT2D eigenvalue weighted by atomic mass is 16.5. The number of aliphatic hydroxyl groups is 1. The van der Waals surface area contributed by atoms with E-state index in [0.29, 0.717) is 6.61 Å². The Morgan fingerprint density at radius 3 is 2.83 bits per heavy atom. The third-order valence-electron chi connectivity index (χ3n) is 4.45. The van der Waals surface area contributed by atoms with Gasteiger partial charge in [-0.25, -0.2) is 0 Å². The highest BCUT2D eigenvalue weighted by Gasteiger charge is 2.21. The second kappa shape index (κ2) is 6.07. The van der Waals surface area contributed by atoms with Crippen LogP contribution in [-0.2, 0) is 19.6 Å². The lowest BCUT2D eigenvalue weighted by Gasteiger charge is -2.22. The number of aromatic nitrogens is 1. The Morgan fingerprint density at radius 2 is 2.00 bits per heavy atom. The summed E-state index contributed by atoms with van der Waals surface area (Å²) < 4.78 is 5.93. The van der Waals surface area contributed by atoms with Crippen molar-refractivity contribution in [1.82, 2.24) is 10.3 Å². The van der Waals surface area contributed by atoms with Crippen molar-refractivity contribution in [3.05, 3.63) is 65.4 Å². The van der Waals surface area contributed by atoms with Gasteiger partial charge in [0.05, 0.1) is 6.61 Å². The Kier molecular flexibility index (Phi) is 3.77. The van der Waals surface area contributed by atoms with Crippen molar-refractivity contribution in [3.8, 4) is 5.75 Å². The lowest BCUT2D eigenvalue weighted by atomic mass is 9.99. The first kappa shape index (κ1) is 14.3. The summed E-state index contributed by atoms with van der Waals surface area (Å²) in [5.74, 6) is 0.877. The van der Waals surface area contributed by atoms with E-state index in [-0.39, 0.29) is 12.6 Å². The van der Waals surface area contributed by atoms with Crippen molar-refractivity contribution in [2.75, 3.05) is 6.61 Å². The molecule has 4 heteroatoms. The number of rotatable bonds is 4. The van der Waals surface area contributed by atoms with Gasteiger partial charge in [-0.05, 0) is 35.7 Å². The first-order valence-corrected chi connectivity index (χ1v) is 7.98. The van der Waals surface area contributed by atoms with Crippen molar-refractivity contribution in [2.24, 2.45) is 0 Å². The van der Waals surface area contributed by atoms with Gasteiger partial charge < -0.3 is 20.1 Å². The van der Waals surface area contributed by atoms with Gasteiger partial charge in [0.25, 0.3) is 0 Å². The Balaban J connectivity index is 1.60. The molecular formula is C19H20N2O2. The molecule has 2 aromatic carbocycles. The summed E-state index contributed by atoms with van der Waals surface area (Å²) >= 11 is 0. The number of aliphatic hydroxyl groups excluding tert-OH is 1. The Labute approximate surface area is 135 Å². The van der Waals surface area contributed by atoms with Crippen LogP contribution in [-0.4, -0.2) is 22.7 Å². The van der Waals surface area contributed by atoms with E-state index < -0.39 is 0 Å². The molecule has 0 spiro atoms.